The molecule has 0 saturated carbocycles. The van der Waals surface area contributed by atoms with Crippen LogP contribution in [0.15, 0.2) is 30.6 Å². The van der Waals surface area contributed by atoms with Gasteiger partial charge in [0.2, 0.25) is 0 Å². The monoisotopic (exact) mass is 331 g/mol. The molecule has 4 nitrogen and oxygen atoms in total. The maximum atomic E-state index is 12.2. The van der Waals surface area contributed by atoms with Crippen molar-refractivity contribution < 1.29 is 4.79 Å². The fraction of sp³-hybridized carbons (Fsp3) is 0.333. The Hall–Kier alpha value is -2.07. The zero-order valence-corrected chi connectivity index (χ0v) is 14.7. The number of carbonyl (C=O) groups excluding carboxylic acids is 1. The molecule has 0 aliphatic heterocycles. The quantitative estimate of drug-likeness (QED) is 0.840. The van der Waals surface area contributed by atoms with Gasteiger partial charge in [0.05, 0.1) is 28.2 Å². The Morgan fingerprint density at radius 2 is 2.00 bits per heavy atom. The lowest BCUT2D eigenvalue weighted by Crippen LogP contribution is -2.31. The second-order valence-corrected chi connectivity index (χ2v) is 6.22. The van der Waals surface area contributed by atoms with E-state index in [2.05, 4.69) is 21.7 Å². The first kappa shape index (κ1) is 17.3. The molecule has 0 aliphatic rings. The molecule has 1 heterocycles. The molecule has 1 aromatic carbocycles. The highest BCUT2D eigenvalue weighted by Crippen LogP contribution is 2.30. The minimum absolute atomic E-state index is 0.123. The van der Waals surface area contributed by atoms with Gasteiger partial charge < -0.3 is 10.6 Å². The summed E-state index contributed by atoms with van der Waals surface area (Å²) in [6.07, 6.45) is 4.12. The highest BCUT2D eigenvalue weighted by atomic mass is 35.5. The number of amides is 1. The number of benzene rings is 1. The third-order valence-corrected chi connectivity index (χ3v) is 3.99. The lowest BCUT2D eigenvalue weighted by atomic mass is 10.1. The van der Waals surface area contributed by atoms with E-state index in [4.69, 9.17) is 11.6 Å². The minimum Gasteiger partial charge on any atom is -0.353 e. The van der Waals surface area contributed by atoms with Crippen LogP contribution < -0.4 is 10.6 Å². The summed E-state index contributed by atoms with van der Waals surface area (Å²) in [5.74, 6) is -0.123. The van der Waals surface area contributed by atoms with Crippen molar-refractivity contribution in [2.75, 3.05) is 5.32 Å². The molecule has 2 aromatic rings. The Morgan fingerprint density at radius 3 is 2.65 bits per heavy atom. The Labute approximate surface area is 142 Å². The van der Waals surface area contributed by atoms with Crippen LogP contribution >= 0.6 is 11.6 Å². The van der Waals surface area contributed by atoms with Gasteiger partial charge in [0.15, 0.2) is 0 Å². The first-order chi connectivity index (χ1) is 10.9. The van der Waals surface area contributed by atoms with Gasteiger partial charge in [-0.25, -0.2) is 0 Å². The van der Waals surface area contributed by atoms with Gasteiger partial charge >= 0.3 is 0 Å². The molecule has 0 bridgehead atoms. The topological polar surface area (TPSA) is 54.0 Å². The van der Waals surface area contributed by atoms with Crippen LogP contribution in [0.1, 0.15) is 41.8 Å². The third-order valence-electron chi connectivity index (χ3n) is 3.69. The van der Waals surface area contributed by atoms with Crippen molar-refractivity contribution in [1.82, 2.24) is 10.3 Å². The van der Waals surface area contributed by atoms with Crippen LogP contribution in [0, 0.1) is 13.8 Å². The van der Waals surface area contributed by atoms with E-state index in [1.54, 1.807) is 18.5 Å². The van der Waals surface area contributed by atoms with Gasteiger partial charge in [-0.15, -0.1) is 0 Å². The van der Waals surface area contributed by atoms with E-state index < -0.39 is 0 Å². The molecule has 2 rings (SSSR count). The predicted molar refractivity (Wildman–Crippen MR) is 95.7 cm³/mol. The lowest BCUT2D eigenvalue weighted by molar-refractivity contribution is 0.0939. The summed E-state index contributed by atoms with van der Waals surface area (Å²) in [4.78, 5) is 16.3. The molecule has 0 spiro atoms. The number of anilines is 2. The Bertz CT molecular complexity index is 692. The maximum Gasteiger partial charge on any atom is 0.253 e. The Balaban J connectivity index is 2.22. The summed E-state index contributed by atoms with van der Waals surface area (Å²) in [6.45, 7) is 8.00. The van der Waals surface area contributed by atoms with Gasteiger partial charge in [-0.05, 0) is 50.5 Å². The van der Waals surface area contributed by atoms with E-state index >= 15 is 0 Å². The number of nitrogens with zero attached hydrogens (tertiary/aromatic N) is 1. The molecule has 23 heavy (non-hydrogen) atoms. The fourth-order valence-corrected chi connectivity index (χ4v) is 2.63. The maximum absolute atomic E-state index is 12.2. The zero-order valence-electron chi connectivity index (χ0n) is 13.9. The van der Waals surface area contributed by atoms with Crippen molar-refractivity contribution in [3.05, 3.63) is 52.3 Å². The normalized spacial score (nSPS) is 11.9. The van der Waals surface area contributed by atoms with Gasteiger partial charge in [-0.1, -0.05) is 24.6 Å². The van der Waals surface area contributed by atoms with E-state index in [1.165, 1.54) is 0 Å². The predicted octanol–water partition coefficient (Wildman–Crippen LogP) is 4.62. The molecule has 1 atom stereocenters. The van der Waals surface area contributed by atoms with Gasteiger partial charge in [-0.3, -0.25) is 9.78 Å². The summed E-state index contributed by atoms with van der Waals surface area (Å²) in [5, 5.41) is 6.84. The number of aromatic nitrogens is 1. The summed E-state index contributed by atoms with van der Waals surface area (Å²) in [7, 11) is 0. The smallest absolute Gasteiger partial charge is 0.253 e. The molecule has 1 amide bonds. The number of rotatable bonds is 5. The van der Waals surface area contributed by atoms with Crippen LogP contribution in [0.5, 0.6) is 0 Å². The van der Waals surface area contributed by atoms with Crippen LogP contribution in [0.4, 0.5) is 11.4 Å². The lowest BCUT2D eigenvalue weighted by Gasteiger charge is -2.14. The SMILES string of the molecule is CCC(C)NC(=O)c1cncc(Nc2c(C)cc(C)cc2Cl)c1. The highest BCUT2D eigenvalue weighted by Gasteiger charge is 2.11. The van der Waals surface area contributed by atoms with Crippen LogP contribution in [0.3, 0.4) is 0 Å². The summed E-state index contributed by atoms with van der Waals surface area (Å²) < 4.78 is 0. The molecule has 1 aromatic heterocycles. The van der Waals surface area contributed by atoms with Crippen molar-refractivity contribution in [1.29, 1.82) is 0 Å². The molecule has 2 N–H and O–H groups in total. The summed E-state index contributed by atoms with van der Waals surface area (Å²) >= 11 is 6.31. The summed E-state index contributed by atoms with van der Waals surface area (Å²) in [6, 6.07) is 5.87. The van der Waals surface area contributed by atoms with Crippen LogP contribution in [-0.2, 0) is 0 Å². The van der Waals surface area contributed by atoms with Gasteiger partial charge in [0.25, 0.3) is 5.91 Å². The standard InChI is InChI=1S/C18H22ClN3O/c1-5-13(4)21-18(23)14-8-15(10-20-9-14)22-17-12(3)6-11(2)7-16(17)19/h6-10,13,22H,5H2,1-4H3,(H,21,23). The summed E-state index contributed by atoms with van der Waals surface area (Å²) in [5.41, 5.74) is 4.24. The number of pyridine rings is 1. The van der Waals surface area contributed by atoms with E-state index in [0.29, 0.717) is 10.6 Å². The molecule has 1 unspecified atom stereocenters. The first-order valence-corrected chi connectivity index (χ1v) is 8.08. The molecule has 0 fully saturated rings. The number of hydrogen-bond donors (Lipinski definition) is 2. The zero-order chi connectivity index (χ0) is 17.0. The Kier molecular flexibility index (Phi) is 5.61. The van der Waals surface area contributed by atoms with Crippen LogP contribution in [-0.4, -0.2) is 16.9 Å². The van der Waals surface area contributed by atoms with E-state index in [9.17, 15) is 4.79 Å². The number of aryl methyl sites for hydroxylation is 2. The molecular weight excluding hydrogens is 310 g/mol. The van der Waals surface area contributed by atoms with Crippen LogP contribution in [0.2, 0.25) is 5.02 Å². The van der Waals surface area contributed by atoms with E-state index in [-0.39, 0.29) is 11.9 Å². The highest BCUT2D eigenvalue weighted by molar-refractivity contribution is 6.33. The molecule has 0 saturated heterocycles. The van der Waals surface area contributed by atoms with Crippen molar-refractivity contribution in [2.45, 2.75) is 40.2 Å². The molecule has 5 heteroatoms. The number of carbonyl (C=O) groups is 1. The van der Waals surface area contributed by atoms with E-state index in [0.717, 1.165) is 28.9 Å². The van der Waals surface area contributed by atoms with Gasteiger partial charge in [0, 0.05) is 12.2 Å². The number of halogens is 1. The second-order valence-electron chi connectivity index (χ2n) is 5.81. The molecule has 0 radical (unpaired) electrons. The second kappa shape index (κ2) is 7.47. The largest absolute Gasteiger partial charge is 0.353 e. The molecule has 122 valence electrons. The fourth-order valence-electron chi connectivity index (χ4n) is 2.26. The van der Waals surface area contributed by atoms with E-state index in [1.807, 2.05) is 33.8 Å². The van der Waals surface area contributed by atoms with Gasteiger partial charge in [0.1, 0.15) is 0 Å². The van der Waals surface area contributed by atoms with Crippen LogP contribution in [0.25, 0.3) is 0 Å². The van der Waals surface area contributed by atoms with Crippen molar-refractivity contribution in [3.63, 3.8) is 0 Å². The first-order valence-electron chi connectivity index (χ1n) is 7.70. The van der Waals surface area contributed by atoms with Crippen molar-refractivity contribution in [3.8, 4) is 0 Å². The molecular formula is C18H22ClN3O. The number of hydrogen-bond acceptors (Lipinski definition) is 3. The minimum atomic E-state index is -0.123. The van der Waals surface area contributed by atoms with Crippen molar-refractivity contribution in [2.24, 2.45) is 0 Å². The average Bonchev–Trinajstić information content (AvgIpc) is 2.51. The molecule has 0 aliphatic carbocycles. The number of nitrogens with one attached hydrogen (secondary N) is 2. The third kappa shape index (κ3) is 4.45. The van der Waals surface area contributed by atoms with Gasteiger partial charge in [-0.2, -0.15) is 0 Å². The Morgan fingerprint density at radius 1 is 1.26 bits per heavy atom. The van der Waals surface area contributed by atoms with Crippen molar-refractivity contribution >= 4 is 28.9 Å². The average molecular weight is 332 g/mol.